The lowest BCUT2D eigenvalue weighted by molar-refractivity contribution is 0.498. The van der Waals surface area contributed by atoms with E-state index in [-0.39, 0.29) is 4.87 Å². The third kappa shape index (κ3) is 1.84. The van der Waals surface area contributed by atoms with Gasteiger partial charge in [0.15, 0.2) is 0 Å². The summed E-state index contributed by atoms with van der Waals surface area (Å²) in [4.78, 5) is 11.6. The van der Waals surface area contributed by atoms with E-state index < -0.39 is 0 Å². The molecule has 1 aliphatic rings. The van der Waals surface area contributed by atoms with Crippen LogP contribution in [0.3, 0.4) is 0 Å². The number of nitrogens with one attached hydrogen (secondary N) is 1. The molecule has 0 radical (unpaired) electrons. The maximum absolute atomic E-state index is 11.4. The van der Waals surface area contributed by atoms with E-state index in [4.69, 9.17) is 0 Å². The molecule has 3 nitrogen and oxygen atoms in total. The quantitative estimate of drug-likeness (QED) is 0.768. The highest BCUT2D eigenvalue weighted by Crippen LogP contribution is 2.08. The summed E-state index contributed by atoms with van der Waals surface area (Å²) in [5.74, 6) is 0. The highest BCUT2D eigenvalue weighted by atomic mass is 32.1. The lowest BCUT2D eigenvalue weighted by atomic mass is 10.2. The molecule has 4 heteroatoms. The Labute approximate surface area is 81.4 Å². The molecular formula is C9H14N2OS. The van der Waals surface area contributed by atoms with Gasteiger partial charge in [0.05, 0.1) is 0 Å². The zero-order valence-corrected chi connectivity index (χ0v) is 8.56. The Balaban J connectivity index is 2.12. The van der Waals surface area contributed by atoms with Crippen molar-refractivity contribution in [2.24, 2.45) is 0 Å². The minimum Gasteiger partial charge on any atom is -0.312 e. The van der Waals surface area contributed by atoms with Gasteiger partial charge >= 0.3 is 4.87 Å². The van der Waals surface area contributed by atoms with Crippen molar-refractivity contribution in [3.05, 3.63) is 20.7 Å². The van der Waals surface area contributed by atoms with Crippen LogP contribution in [-0.4, -0.2) is 17.2 Å². The van der Waals surface area contributed by atoms with Gasteiger partial charge in [-0.2, -0.15) is 0 Å². The molecule has 1 N–H and O–H groups in total. The summed E-state index contributed by atoms with van der Waals surface area (Å²) in [6.45, 7) is 3.93. The first-order chi connectivity index (χ1) is 6.27. The van der Waals surface area contributed by atoms with Crippen LogP contribution in [0.4, 0.5) is 0 Å². The molecule has 2 heterocycles. The molecule has 1 saturated heterocycles. The highest BCUT2D eigenvalue weighted by molar-refractivity contribution is 7.07. The van der Waals surface area contributed by atoms with Crippen molar-refractivity contribution in [2.45, 2.75) is 32.4 Å². The molecule has 1 fully saturated rings. The highest BCUT2D eigenvalue weighted by Gasteiger charge is 2.15. The van der Waals surface area contributed by atoms with Crippen molar-refractivity contribution in [1.29, 1.82) is 0 Å². The predicted octanol–water partition coefficient (Wildman–Crippen LogP) is 0.970. The maximum atomic E-state index is 11.4. The Morgan fingerprint density at radius 3 is 3.15 bits per heavy atom. The zero-order valence-electron chi connectivity index (χ0n) is 7.75. The van der Waals surface area contributed by atoms with Crippen molar-refractivity contribution in [3.8, 4) is 0 Å². The fraction of sp³-hybridized carbons (Fsp3) is 0.667. The van der Waals surface area contributed by atoms with E-state index in [1.165, 1.54) is 24.2 Å². The largest absolute Gasteiger partial charge is 0.312 e. The molecular weight excluding hydrogens is 184 g/mol. The van der Waals surface area contributed by atoms with Crippen LogP contribution < -0.4 is 10.2 Å². The van der Waals surface area contributed by atoms with E-state index in [2.05, 4.69) is 5.32 Å². The van der Waals surface area contributed by atoms with E-state index in [0.717, 1.165) is 18.8 Å². The molecule has 1 aliphatic heterocycles. The minimum atomic E-state index is 0.172. The summed E-state index contributed by atoms with van der Waals surface area (Å²) in [6, 6.07) is 0.506. The van der Waals surface area contributed by atoms with Crippen LogP contribution in [0.15, 0.2) is 10.2 Å². The SMILES string of the molecule is Cc1csc(=O)n1C[C@@H]1CCCN1. The van der Waals surface area contributed by atoms with E-state index in [1.807, 2.05) is 16.9 Å². The monoisotopic (exact) mass is 198 g/mol. The summed E-state index contributed by atoms with van der Waals surface area (Å²) in [6.07, 6.45) is 2.43. The lowest BCUT2D eigenvalue weighted by Gasteiger charge is -2.11. The van der Waals surface area contributed by atoms with Crippen molar-refractivity contribution in [3.63, 3.8) is 0 Å². The number of aryl methyl sites for hydroxylation is 1. The summed E-state index contributed by atoms with van der Waals surface area (Å²) >= 11 is 1.29. The van der Waals surface area contributed by atoms with Crippen LogP contribution in [0.25, 0.3) is 0 Å². The van der Waals surface area contributed by atoms with Crippen LogP contribution in [0.1, 0.15) is 18.5 Å². The predicted molar refractivity (Wildman–Crippen MR) is 54.3 cm³/mol. The molecule has 1 aromatic heterocycles. The van der Waals surface area contributed by atoms with Gasteiger partial charge in [0.2, 0.25) is 0 Å². The Morgan fingerprint density at radius 2 is 2.62 bits per heavy atom. The average molecular weight is 198 g/mol. The molecule has 0 spiro atoms. The van der Waals surface area contributed by atoms with Gasteiger partial charge in [-0.3, -0.25) is 4.79 Å². The topological polar surface area (TPSA) is 34.0 Å². The number of nitrogens with zero attached hydrogens (tertiary/aromatic N) is 1. The number of aromatic nitrogens is 1. The third-order valence-electron chi connectivity index (χ3n) is 2.54. The summed E-state index contributed by atoms with van der Waals surface area (Å²) in [5.41, 5.74) is 1.09. The zero-order chi connectivity index (χ0) is 9.26. The Hall–Kier alpha value is -0.610. The second kappa shape index (κ2) is 3.64. The first kappa shape index (κ1) is 8.97. The van der Waals surface area contributed by atoms with Gasteiger partial charge in [0, 0.05) is 23.7 Å². The molecule has 0 bridgehead atoms. The fourth-order valence-electron chi connectivity index (χ4n) is 1.76. The van der Waals surface area contributed by atoms with Gasteiger partial charge in [-0.05, 0) is 26.3 Å². The van der Waals surface area contributed by atoms with Crippen LogP contribution in [0, 0.1) is 6.92 Å². The first-order valence-electron chi connectivity index (χ1n) is 4.65. The van der Waals surface area contributed by atoms with E-state index in [9.17, 15) is 4.79 Å². The summed E-state index contributed by atoms with van der Waals surface area (Å²) in [7, 11) is 0. The van der Waals surface area contributed by atoms with Gasteiger partial charge in [0.1, 0.15) is 0 Å². The number of hydrogen-bond acceptors (Lipinski definition) is 3. The molecule has 0 aliphatic carbocycles. The van der Waals surface area contributed by atoms with Crippen molar-refractivity contribution >= 4 is 11.3 Å². The fourth-order valence-corrected chi connectivity index (χ4v) is 2.50. The van der Waals surface area contributed by atoms with Crippen LogP contribution in [0.5, 0.6) is 0 Å². The second-order valence-electron chi connectivity index (χ2n) is 3.55. The molecule has 0 unspecified atom stereocenters. The number of rotatable bonds is 2. The van der Waals surface area contributed by atoms with E-state index in [0.29, 0.717) is 6.04 Å². The smallest absolute Gasteiger partial charge is 0.307 e. The van der Waals surface area contributed by atoms with Gasteiger partial charge in [-0.25, -0.2) is 0 Å². The van der Waals surface area contributed by atoms with Crippen molar-refractivity contribution in [1.82, 2.24) is 9.88 Å². The Kier molecular flexibility index (Phi) is 2.51. The second-order valence-corrected chi connectivity index (χ2v) is 4.37. The molecule has 0 amide bonds. The lowest BCUT2D eigenvalue weighted by Crippen LogP contribution is -2.30. The molecule has 2 rings (SSSR count). The first-order valence-corrected chi connectivity index (χ1v) is 5.53. The van der Waals surface area contributed by atoms with Gasteiger partial charge in [-0.15, -0.1) is 0 Å². The third-order valence-corrected chi connectivity index (χ3v) is 3.42. The molecule has 1 aromatic rings. The van der Waals surface area contributed by atoms with Crippen molar-refractivity contribution in [2.75, 3.05) is 6.54 Å². The van der Waals surface area contributed by atoms with Crippen LogP contribution >= 0.6 is 11.3 Å². The molecule has 13 heavy (non-hydrogen) atoms. The molecule has 1 atom stereocenters. The maximum Gasteiger partial charge on any atom is 0.307 e. The average Bonchev–Trinajstić information content (AvgIpc) is 2.70. The Bertz CT molecular complexity index is 336. The molecule has 0 saturated carbocycles. The standard InChI is InChI=1S/C9H14N2OS/c1-7-6-13-9(12)11(7)5-8-3-2-4-10-8/h6,8,10H,2-5H2,1H3/t8-/m0/s1. The van der Waals surface area contributed by atoms with E-state index in [1.54, 1.807) is 0 Å². The molecule has 0 aromatic carbocycles. The van der Waals surface area contributed by atoms with Gasteiger partial charge < -0.3 is 9.88 Å². The van der Waals surface area contributed by atoms with Crippen LogP contribution in [-0.2, 0) is 6.54 Å². The number of hydrogen-bond donors (Lipinski definition) is 1. The Morgan fingerprint density at radius 1 is 1.77 bits per heavy atom. The van der Waals surface area contributed by atoms with Crippen LogP contribution in [0.2, 0.25) is 0 Å². The number of thiazole rings is 1. The summed E-state index contributed by atoms with van der Waals surface area (Å²) < 4.78 is 1.87. The van der Waals surface area contributed by atoms with Gasteiger partial charge in [-0.1, -0.05) is 11.3 Å². The van der Waals surface area contributed by atoms with E-state index >= 15 is 0 Å². The molecule has 72 valence electrons. The normalized spacial score (nSPS) is 22.4. The summed E-state index contributed by atoms with van der Waals surface area (Å²) in [5, 5.41) is 5.32. The van der Waals surface area contributed by atoms with Gasteiger partial charge in [0.25, 0.3) is 0 Å². The minimum absolute atomic E-state index is 0.172. The van der Waals surface area contributed by atoms with Crippen molar-refractivity contribution < 1.29 is 0 Å².